The molecule has 1 aromatic carbocycles. The molecule has 0 atom stereocenters. The zero-order valence-electron chi connectivity index (χ0n) is 9.95. The van der Waals surface area contributed by atoms with Crippen molar-refractivity contribution in [2.24, 2.45) is 0 Å². The lowest BCUT2D eigenvalue weighted by atomic mass is 10.1. The summed E-state index contributed by atoms with van der Waals surface area (Å²) < 4.78 is 1.56. The van der Waals surface area contributed by atoms with E-state index < -0.39 is 5.97 Å². The van der Waals surface area contributed by atoms with E-state index in [9.17, 15) is 9.90 Å². The number of benzene rings is 1. The highest BCUT2D eigenvalue weighted by Crippen LogP contribution is 2.25. The van der Waals surface area contributed by atoms with Crippen molar-refractivity contribution in [1.82, 2.24) is 9.38 Å². The summed E-state index contributed by atoms with van der Waals surface area (Å²) in [7, 11) is 0. The third-order valence-corrected chi connectivity index (χ3v) is 2.92. The normalized spacial score (nSPS) is 10.7. The van der Waals surface area contributed by atoms with E-state index in [2.05, 4.69) is 4.98 Å². The van der Waals surface area contributed by atoms with Crippen molar-refractivity contribution in [2.75, 3.05) is 5.73 Å². The van der Waals surface area contributed by atoms with E-state index >= 15 is 0 Å². The molecule has 0 radical (unpaired) electrons. The Morgan fingerprint density at radius 1 is 1.16 bits per heavy atom. The Labute approximate surface area is 108 Å². The molecule has 0 saturated heterocycles. The molecule has 0 saturated carbocycles. The molecule has 94 valence electrons. The van der Waals surface area contributed by atoms with Crippen molar-refractivity contribution < 1.29 is 9.90 Å². The molecule has 2 heterocycles. The maximum absolute atomic E-state index is 11.5. The van der Waals surface area contributed by atoms with Gasteiger partial charge >= 0.3 is 5.97 Å². The Morgan fingerprint density at radius 2 is 1.89 bits per heavy atom. The molecule has 3 N–H and O–H groups in total. The van der Waals surface area contributed by atoms with Crippen molar-refractivity contribution in [3.8, 4) is 11.3 Å². The number of rotatable bonds is 2. The fraction of sp³-hybridized carbons (Fsp3) is 0. The van der Waals surface area contributed by atoms with Gasteiger partial charge in [-0.2, -0.15) is 0 Å². The maximum Gasteiger partial charge on any atom is 0.355 e. The predicted molar refractivity (Wildman–Crippen MR) is 72.0 cm³/mol. The first kappa shape index (κ1) is 11.3. The molecule has 5 nitrogen and oxygen atoms in total. The van der Waals surface area contributed by atoms with Gasteiger partial charge in [-0.05, 0) is 24.3 Å². The number of carbonyl (C=O) groups is 1. The van der Waals surface area contributed by atoms with Gasteiger partial charge in [0, 0.05) is 17.4 Å². The fourth-order valence-electron chi connectivity index (χ4n) is 2.04. The van der Waals surface area contributed by atoms with E-state index in [-0.39, 0.29) is 5.69 Å². The van der Waals surface area contributed by atoms with Gasteiger partial charge in [0.1, 0.15) is 11.3 Å². The molecule has 0 aliphatic heterocycles. The first-order chi connectivity index (χ1) is 9.16. The molecule has 0 unspecified atom stereocenters. The van der Waals surface area contributed by atoms with Gasteiger partial charge in [-0.25, -0.2) is 9.78 Å². The monoisotopic (exact) mass is 253 g/mol. The minimum atomic E-state index is -1.01. The standard InChI is InChI=1S/C14H11N3O2/c15-10-6-4-9(5-7-10)12-13(14(18)19)17-8-2-1-3-11(17)16-12/h1-8H,15H2,(H,18,19). The Morgan fingerprint density at radius 3 is 2.58 bits per heavy atom. The number of carboxylic acids is 1. The average molecular weight is 253 g/mol. The van der Waals surface area contributed by atoms with E-state index in [4.69, 9.17) is 5.73 Å². The molecular weight excluding hydrogens is 242 g/mol. The minimum absolute atomic E-state index is 0.153. The van der Waals surface area contributed by atoms with Gasteiger partial charge in [-0.3, -0.25) is 4.40 Å². The molecule has 0 bridgehead atoms. The summed E-state index contributed by atoms with van der Waals surface area (Å²) in [5, 5.41) is 9.38. The third-order valence-electron chi connectivity index (χ3n) is 2.92. The largest absolute Gasteiger partial charge is 0.476 e. The second-order valence-electron chi connectivity index (χ2n) is 4.17. The Bertz CT molecular complexity index is 760. The van der Waals surface area contributed by atoms with Crippen molar-refractivity contribution >= 4 is 17.3 Å². The van der Waals surface area contributed by atoms with E-state index in [1.807, 2.05) is 6.07 Å². The lowest BCUT2D eigenvalue weighted by Gasteiger charge is -2.00. The number of carboxylic acid groups (broad SMARTS) is 1. The summed E-state index contributed by atoms with van der Waals surface area (Å²) in [5.41, 5.74) is 8.20. The number of nitrogen functional groups attached to an aromatic ring is 1. The van der Waals surface area contributed by atoms with Crippen LogP contribution in [-0.2, 0) is 0 Å². The van der Waals surface area contributed by atoms with Crippen LogP contribution in [0, 0.1) is 0 Å². The van der Waals surface area contributed by atoms with Crippen LogP contribution >= 0.6 is 0 Å². The van der Waals surface area contributed by atoms with Gasteiger partial charge in [-0.15, -0.1) is 0 Å². The summed E-state index contributed by atoms with van der Waals surface area (Å²) in [5.74, 6) is -1.01. The molecule has 0 aliphatic rings. The molecule has 0 spiro atoms. The Balaban J connectivity index is 2.31. The van der Waals surface area contributed by atoms with Gasteiger partial charge in [0.2, 0.25) is 0 Å². The highest BCUT2D eigenvalue weighted by Gasteiger charge is 2.19. The highest BCUT2D eigenvalue weighted by atomic mass is 16.4. The number of hydrogen-bond acceptors (Lipinski definition) is 3. The molecule has 5 heteroatoms. The zero-order chi connectivity index (χ0) is 13.4. The van der Waals surface area contributed by atoms with Crippen LogP contribution < -0.4 is 5.73 Å². The van der Waals surface area contributed by atoms with E-state index in [1.54, 1.807) is 47.0 Å². The second-order valence-corrected chi connectivity index (χ2v) is 4.17. The van der Waals surface area contributed by atoms with Gasteiger partial charge in [0.05, 0.1) is 0 Å². The van der Waals surface area contributed by atoms with Gasteiger partial charge in [0.15, 0.2) is 5.69 Å². The molecule has 0 amide bonds. The number of aromatic nitrogens is 2. The van der Waals surface area contributed by atoms with Crippen molar-refractivity contribution in [1.29, 1.82) is 0 Å². The van der Waals surface area contributed by atoms with Crippen LogP contribution in [0.3, 0.4) is 0 Å². The Hall–Kier alpha value is -2.82. The first-order valence-corrected chi connectivity index (χ1v) is 5.73. The minimum Gasteiger partial charge on any atom is -0.476 e. The lowest BCUT2D eigenvalue weighted by molar-refractivity contribution is 0.0690. The van der Waals surface area contributed by atoms with E-state index in [0.717, 1.165) is 5.56 Å². The fourth-order valence-corrected chi connectivity index (χ4v) is 2.04. The van der Waals surface area contributed by atoms with Crippen LogP contribution in [0.2, 0.25) is 0 Å². The lowest BCUT2D eigenvalue weighted by Crippen LogP contribution is -2.03. The number of nitrogens with zero attached hydrogens (tertiary/aromatic N) is 2. The van der Waals surface area contributed by atoms with E-state index in [0.29, 0.717) is 17.0 Å². The van der Waals surface area contributed by atoms with Crippen molar-refractivity contribution in [3.63, 3.8) is 0 Å². The van der Waals surface area contributed by atoms with Crippen LogP contribution in [0.5, 0.6) is 0 Å². The smallest absolute Gasteiger partial charge is 0.355 e. The number of anilines is 1. The molecule has 3 rings (SSSR count). The summed E-state index contributed by atoms with van der Waals surface area (Å²) in [6.45, 7) is 0. The topological polar surface area (TPSA) is 80.6 Å². The molecule has 0 aliphatic carbocycles. The SMILES string of the molecule is Nc1ccc(-c2nc3ccccn3c2C(=O)O)cc1. The summed E-state index contributed by atoms with van der Waals surface area (Å²) in [6.07, 6.45) is 1.69. The molecule has 3 aromatic rings. The van der Waals surface area contributed by atoms with Crippen LogP contribution in [0.4, 0.5) is 5.69 Å². The number of aromatic carboxylic acids is 1. The van der Waals surface area contributed by atoms with Crippen molar-refractivity contribution in [3.05, 3.63) is 54.4 Å². The van der Waals surface area contributed by atoms with Crippen LogP contribution in [0.1, 0.15) is 10.5 Å². The third kappa shape index (κ3) is 1.81. The predicted octanol–water partition coefficient (Wildman–Crippen LogP) is 2.28. The average Bonchev–Trinajstić information content (AvgIpc) is 2.78. The van der Waals surface area contributed by atoms with Crippen LogP contribution in [0.25, 0.3) is 16.9 Å². The molecule has 0 fully saturated rings. The molecular formula is C14H11N3O2. The zero-order valence-corrected chi connectivity index (χ0v) is 9.95. The van der Waals surface area contributed by atoms with Crippen LogP contribution in [-0.4, -0.2) is 20.5 Å². The van der Waals surface area contributed by atoms with Crippen LogP contribution in [0.15, 0.2) is 48.7 Å². The quantitative estimate of drug-likeness (QED) is 0.686. The number of imidazole rings is 1. The number of pyridine rings is 1. The number of hydrogen-bond donors (Lipinski definition) is 2. The second kappa shape index (κ2) is 4.13. The maximum atomic E-state index is 11.5. The first-order valence-electron chi connectivity index (χ1n) is 5.73. The van der Waals surface area contributed by atoms with E-state index in [1.165, 1.54) is 0 Å². The van der Waals surface area contributed by atoms with Crippen molar-refractivity contribution in [2.45, 2.75) is 0 Å². The molecule has 19 heavy (non-hydrogen) atoms. The molecule has 2 aromatic heterocycles. The Kier molecular flexibility index (Phi) is 2.45. The van der Waals surface area contributed by atoms with Gasteiger partial charge in [0.25, 0.3) is 0 Å². The van der Waals surface area contributed by atoms with Gasteiger partial charge < -0.3 is 10.8 Å². The number of fused-ring (bicyclic) bond motifs is 1. The summed E-state index contributed by atoms with van der Waals surface area (Å²) >= 11 is 0. The highest BCUT2D eigenvalue weighted by molar-refractivity contribution is 5.94. The summed E-state index contributed by atoms with van der Waals surface area (Å²) in [4.78, 5) is 15.8. The summed E-state index contributed by atoms with van der Waals surface area (Å²) in [6, 6.07) is 12.4. The van der Waals surface area contributed by atoms with Gasteiger partial charge in [-0.1, -0.05) is 18.2 Å². The number of nitrogens with two attached hydrogens (primary N) is 1.